The van der Waals surface area contributed by atoms with Gasteiger partial charge in [-0.3, -0.25) is 15.0 Å². The number of amides is 4. The molecule has 0 bridgehead atoms. The fourth-order valence-corrected chi connectivity index (χ4v) is 2.43. The van der Waals surface area contributed by atoms with Gasteiger partial charge in [0.05, 0.1) is 6.54 Å². The summed E-state index contributed by atoms with van der Waals surface area (Å²) in [5.74, 6) is -1.53. The molecular weight excluding hydrogens is 354 g/mol. The van der Waals surface area contributed by atoms with E-state index in [2.05, 4.69) is 25.5 Å². The SMILES string of the molecule is CCC1(C)NC(=O)N(NC(=O)CNc2ccc3c(c2)OC(F)(F)O3)C1=O. The van der Waals surface area contributed by atoms with E-state index in [-0.39, 0.29) is 18.0 Å². The highest BCUT2D eigenvalue weighted by Gasteiger charge is 2.47. The first-order valence-corrected chi connectivity index (χ1v) is 7.73. The van der Waals surface area contributed by atoms with Crippen LogP contribution in [0, 0.1) is 0 Å². The van der Waals surface area contributed by atoms with E-state index in [1.807, 2.05) is 0 Å². The molecule has 1 saturated heterocycles. The normalized spacial score (nSPS) is 23.0. The van der Waals surface area contributed by atoms with Gasteiger partial charge in [-0.2, -0.15) is 5.01 Å². The quantitative estimate of drug-likeness (QED) is 0.672. The second-order valence-electron chi connectivity index (χ2n) is 5.97. The van der Waals surface area contributed by atoms with Crippen LogP contribution < -0.4 is 25.5 Å². The Kier molecular flexibility index (Phi) is 4.09. The molecular formula is C15H16F2N4O5. The van der Waals surface area contributed by atoms with Crippen molar-refractivity contribution >= 4 is 23.5 Å². The number of urea groups is 1. The predicted molar refractivity (Wildman–Crippen MR) is 83.4 cm³/mol. The van der Waals surface area contributed by atoms with Gasteiger partial charge in [0.1, 0.15) is 5.54 Å². The van der Waals surface area contributed by atoms with Crippen LogP contribution in [0.3, 0.4) is 0 Å². The number of hydrazine groups is 1. The number of imide groups is 1. The van der Waals surface area contributed by atoms with Gasteiger partial charge >= 0.3 is 12.3 Å². The minimum atomic E-state index is -3.73. The van der Waals surface area contributed by atoms with Gasteiger partial charge in [0, 0.05) is 11.8 Å². The van der Waals surface area contributed by atoms with Crippen molar-refractivity contribution in [3.05, 3.63) is 18.2 Å². The molecule has 26 heavy (non-hydrogen) atoms. The molecule has 2 heterocycles. The number of benzene rings is 1. The zero-order valence-corrected chi connectivity index (χ0v) is 13.9. The third-order valence-corrected chi connectivity index (χ3v) is 4.06. The van der Waals surface area contributed by atoms with Crippen molar-refractivity contribution in [2.24, 2.45) is 0 Å². The van der Waals surface area contributed by atoms with Crippen molar-refractivity contribution in [1.29, 1.82) is 0 Å². The van der Waals surface area contributed by atoms with Crippen molar-refractivity contribution in [2.45, 2.75) is 32.1 Å². The molecule has 0 spiro atoms. The average molecular weight is 370 g/mol. The van der Waals surface area contributed by atoms with Crippen LogP contribution in [0.2, 0.25) is 0 Å². The topological polar surface area (TPSA) is 109 Å². The summed E-state index contributed by atoms with van der Waals surface area (Å²) in [7, 11) is 0. The molecule has 3 rings (SSSR count). The zero-order valence-electron chi connectivity index (χ0n) is 13.9. The average Bonchev–Trinajstić information content (AvgIpc) is 2.99. The van der Waals surface area contributed by atoms with Crippen molar-refractivity contribution < 1.29 is 32.6 Å². The third kappa shape index (κ3) is 3.19. The monoisotopic (exact) mass is 370 g/mol. The Morgan fingerprint density at radius 3 is 2.62 bits per heavy atom. The standard InChI is InChI=1S/C15H16F2N4O5/c1-3-14(2)12(23)21(13(24)19-14)20-11(22)7-18-8-4-5-9-10(6-8)26-15(16,17)25-9/h4-6,18H,3,7H2,1-2H3,(H,19,24)(H,20,22). The summed E-state index contributed by atoms with van der Waals surface area (Å²) in [5, 5.41) is 5.79. The second-order valence-corrected chi connectivity index (χ2v) is 5.97. The van der Waals surface area contributed by atoms with Gasteiger partial charge < -0.3 is 20.1 Å². The van der Waals surface area contributed by atoms with Crippen molar-refractivity contribution in [2.75, 3.05) is 11.9 Å². The number of nitrogens with one attached hydrogen (secondary N) is 3. The van der Waals surface area contributed by atoms with E-state index in [0.29, 0.717) is 17.1 Å². The van der Waals surface area contributed by atoms with Gasteiger partial charge in [-0.15, -0.1) is 8.78 Å². The molecule has 3 N–H and O–H groups in total. The van der Waals surface area contributed by atoms with Gasteiger partial charge in [-0.1, -0.05) is 6.92 Å². The van der Waals surface area contributed by atoms with E-state index < -0.39 is 29.7 Å². The maximum atomic E-state index is 13.0. The minimum Gasteiger partial charge on any atom is -0.395 e. The summed E-state index contributed by atoms with van der Waals surface area (Å²) in [6.07, 6.45) is -3.36. The van der Waals surface area contributed by atoms with E-state index in [4.69, 9.17) is 0 Å². The van der Waals surface area contributed by atoms with Crippen LogP contribution in [-0.2, 0) is 9.59 Å². The third-order valence-electron chi connectivity index (χ3n) is 4.06. The summed E-state index contributed by atoms with van der Waals surface area (Å²) < 4.78 is 34.5. The van der Waals surface area contributed by atoms with E-state index in [1.54, 1.807) is 13.8 Å². The predicted octanol–water partition coefficient (Wildman–Crippen LogP) is 1.17. The van der Waals surface area contributed by atoms with Crippen LogP contribution in [0.4, 0.5) is 19.3 Å². The first-order chi connectivity index (χ1) is 12.1. The first-order valence-electron chi connectivity index (χ1n) is 7.73. The van der Waals surface area contributed by atoms with Gasteiger partial charge in [0.2, 0.25) is 0 Å². The molecule has 2 aliphatic heterocycles. The zero-order chi connectivity index (χ0) is 19.1. The molecule has 0 radical (unpaired) electrons. The van der Waals surface area contributed by atoms with Crippen LogP contribution in [0.5, 0.6) is 11.5 Å². The minimum absolute atomic E-state index is 0.122. The van der Waals surface area contributed by atoms with E-state index in [1.165, 1.54) is 18.2 Å². The molecule has 1 fully saturated rings. The number of carbonyl (C=O) groups is 3. The smallest absolute Gasteiger partial charge is 0.395 e. The maximum Gasteiger partial charge on any atom is 0.586 e. The molecule has 1 unspecified atom stereocenters. The number of hydrogen-bond donors (Lipinski definition) is 3. The molecule has 140 valence electrons. The van der Waals surface area contributed by atoms with Crippen LogP contribution in [-0.4, -0.2) is 41.2 Å². The number of ether oxygens (including phenoxy) is 2. The number of carbonyl (C=O) groups excluding carboxylic acids is 3. The lowest BCUT2D eigenvalue weighted by Crippen LogP contribution is -2.50. The van der Waals surface area contributed by atoms with Crippen LogP contribution in [0.25, 0.3) is 0 Å². The number of hydrogen-bond acceptors (Lipinski definition) is 6. The van der Waals surface area contributed by atoms with Gasteiger partial charge in [-0.05, 0) is 25.5 Å². The fraction of sp³-hybridized carbons (Fsp3) is 0.400. The lowest BCUT2D eigenvalue weighted by Gasteiger charge is -2.19. The highest BCUT2D eigenvalue weighted by Crippen LogP contribution is 2.42. The lowest BCUT2D eigenvalue weighted by molar-refractivity contribution is -0.286. The Labute approximate surface area is 146 Å². The summed E-state index contributed by atoms with van der Waals surface area (Å²) in [6.45, 7) is 2.98. The largest absolute Gasteiger partial charge is 0.586 e. The van der Waals surface area contributed by atoms with Gasteiger partial charge in [0.15, 0.2) is 11.5 Å². The molecule has 0 aromatic heterocycles. The van der Waals surface area contributed by atoms with Gasteiger partial charge in [-0.25, -0.2) is 4.79 Å². The summed E-state index contributed by atoms with van der Waals surface area (Å²) in [6, 6.07) is 3.20. The highest BCUT2D eigenvalue weighted by molar-refractivity contribution is 6.07. The molecule has 1 aromatic rings. The second kappa shape index (κ2) is 6.00. The fourth-order valence-electron chi connectivity index (χ4n) is 2.43. The van der Waals surface area contributed by atoms with E-state index >= 15 is 0 Å². The Hall–Kier alpha value is -3.11. The number of halogens is 2. The summed E-state index contributed by atoms with van der Waals surface area (Å²) >= 11 is 0. The number of anilines is 1. The van der Waals surface area contributed by atoms with Crippen molar-refractivity contribution in [1.82, 2.24) is 15.8 Å². The Morgan fingerprint density at radius 2 is 1.96 bits per heavy atom. The number of fused-ring (bicyclic) bond motifs is 1. The highest BCUT2D eigenvalue weighted by atomic mass is 19.3. The van der Waals surface area contributed by atoms with Crippen molar-refractivity contribution in [3.8, 4) is 11.5 Å². The Bertz CT molecular complexity index is 787. The Morgan fingerprint density at radius 1 is 1.27 bits per heavy atom. The van der Waals surface area contributed by atoms with Crippen LogP contribution >= 0.6 is 0 Å². The molecule has 0 aliphatic carbocycles. The molecule has 11 heteroatoms. The molecule has 2 aliphatic rings. The number of rotatable bonds is 5. The number of nitrogens with zero attached hydrogens (tertiary/aromatic N) is 1. The number of alkyl halides is 2. The lowest BCUT2D eigenvalue weighted by atomic mass is 10.00. The van der Waals surface area contributed by atoms with E-state index in [0.717, 1.165) is 0 Å². The maximum absolute atomic E-state index is 13.0. The summed E-state index contributed by atoms with van der Waals surface area (Å²) in [4.78, 5) is 36.0. The van der Waals surface area contributed by atoms with Crippen LogP contribution in [0.15, 0.2) is 18.2 Å². The molecule has 4 amide bonds. The molecule has 1 atom stereocenters. The molecule has 1 aromatic carbocycles. The van der Waals surface area contributed by atoms with Crippen LogP contribution in [0.1, 0.15) is 20.3 Å². The van der Waals surface area contributed by atoms with E-state index in [9.17, 15) is 23.2 Å². The first kappa shape index (κ1) is 17.7. The molecule has 9 nitrogen and oxygen atoms in total. The van der Waals surface area contributed by atoms with Crippen molar-refractivity contribution in [3.63, 3.8) is 0 Å². The summed E-state index contributed by atoms with van der Waals surface area (Å²) in [5.41, 5.74) is 1.44. The molecule has 0 saturated carbocycles. The van der Waals surface area contributed by atoms with Gasteiger partial charge in [0.25, 0.3) is 11.8 Å². The Balaban J connectivity index is 1.57.